The fourth-order valence-electron chi connectivity index (χ4n) is 2.38. The fourth-order valence-corrected chi connectivity index (χ4v) is 3.36. The van der Waals surface area contributed by atoms with E-state index in [1.165, 1.54) is 30.2 Å². The predicted octanol–water partition coefficient (Wildman–Crippen LogP) is 2.37. The molecule has 1 aromatic heterocycles. The van der Waals surface area contributed by atoms with Gasteiger partial charge in [0.05, 0.1) is 5.52 Å². The molecule has 0 bridgehead atoms. The fraction of sp³-hybridized carbons (Fsp3) is 0.357. The zero-order valence-corrected chi connectivity index (χ0v) is 11.1. The van der Waals surface area contributed by atoms with Gasteiger partial charge in [0.15, 0.2) is 0 Å². The number of hydrogen-bond donors (Lipinski definition) is 1. The molecule has 4 heteroatoms. The highest BCUT2D eigenvalue weighted by atomic mass is 32.2. The van der Waals surface area contributed by atoms with Crippen LogP contribution in [0.15, 0.2) is 30.5 Å². The van der Waals surface area contributed by atoms with Gasteiger partial charge in [0, 0.05) is 48.4 Å². The highest BCUT2D eigenvalue weighted by molar-refractivity contribution is 7.99. The number of hydrogen-bond acceptors (Lipinski definition) is 4. The third-order valence-electron chi connectivity index (χ3n) is 3.38. The van der Waals surface area contributed by atoms with Gasteiger partial charge in [-0.2, -0.15) is 11.8 Å². The van der Waals surface area contributed by atoms with Crippen LogP contribution >= 0.6 is 11.8 Å². The highest BCUT2D eigenvalue weighted by Crippen LogP contribution is 2.24. The number of nitrogens with two attached hydrogens (primary N) is 1. The minimum atomic E-state index is 0.816. The monoisotopic (exact) mass is 259 g/mol. The Morgan fingerprint density at radius 3 is 2.89 bits per heavy atom. The minimum absolute atomic E-state index is 0.816. The molecule has 2 N–H and O–H groups in total. The molecular formula is C14H17N3S. The first-order valence-corrected chi connectivity index (χ1v) is 7.42. The normalized spacial score (nSPS) is 17.1. The smallest absolute Gasteiger partial charge is 0.0767 e. The molecule has 2 aromatic rings. The van der Waals surface area contributed by atoms with Gasteiger partial charge in [0.25, 0.3) is 0 Å². The van der Waals surface area contributed by atoms with Crippen LogP contribution in [0.5, 0.6) is 0 Å². The Morgan fingerprint density at radius 2 is 2.06 bits per heavy atom. The van der Waals surface area contributed by atoms with Crippen LogP contribution in [0, 0.1) is 0 Å². The van der Waals surface area contributed by atoms with Crippen LogP contribution in [0.25, 0.3) is 10.9 Å². The first kappa shape index (κ1) is 11.8. The van der Waals surface area contributed by atoms with E-state index in [-0.39, 0.29) is 0 Å². The largest absolute Gasteiger partial charge is 0.398 e. The number of thioether (sulfide) groups is 1. The van der Waals surface area contributed by atoms with Gasteiger partial charge >= 0.3 is 0 Å². The molecular weight excluding hydrogens is 242 g/mol. The first-order valence-electron chi connectivity index (χ1n) is 6.27. The molecule has 1 fully saturated rings. The Morgan fingerprint density at radius 1 is 1.22 bits per heavy atom. The standard InChI is InChI=1S/C14H17N3S/c15-13-4-3-11(10-17-6-8-18-9-7-17)14-12(13)2-1-5-16-14/h1-5H,6-10,15H2. The molecule has 0 saturated carbocycles. The van der Waals surface area contributed by atoms with E-state index in [9.17, 15) is 0 Å². The summed E-state index contributed by atoms with van der Waals surface area (Å²) in [5.74, 6) is 2.47. The number of benzene rings is 1. The third-order valence-corrected chi connectivity index (χ3v) is 4.33. The number of fused-ring (bicyclic) bond motifs is 1. The van der Waals surface area contributed by atoms with Crippen LogP contribution in [0.3, 0.4) is 0 Å². The van der Waals surface area contributed by atoms with Gasteiger partial charge < -0.3 is 5.73 Å². The summed E-state index contributed by atoms with van der Waals surface area (Å²) in [6.07, 6.45) is 1.84. The van der Waals surface area contributed by atoms with Crippen LogP contribution in [-0.2, 0) is 6.54 Å². The van der Waals surface area contributed by atoms with Gasteiger partial charge in [-0.1, -0.05) is 6.07 Å². The lowest BCUT2D eigenvalue weighted by molar-refractivity contribution is 0.295. The van der Waals surface area contributed by atoms with Crippen LogP contribution in [0.4, 0.5) is 5.69 Å². The van der Waals surface area contributed by atoms with Crippen molar-refractivity contribution in [2.45, 2.75) is 6.54 Å². The van der Waals surface area contributed by atoms with E-state index in [1.807, 2.05) is 36.2 Å². The second kappa shape index (κ2) is 5.16. The Kier molecular flexibility index (Phi) is 3.39. The van der Waals surface area contributed by atoms with Crippen molar-refractivity contribution in [3.63, 3.8) is 0 Å². The molecule has 1 aromatic carbocycles. The zero-order chi connectivity index (χ0) is 12.4. The highest BCUT2D eigenvalue weighted by Gasteiger charge is 2.13. The number of aromatic nitrogens is 1. The van der Waals surface area contributed by atoms with Crippen molar-refractivity contribution >= 4 is 28.4 Å². The van der Waals surface area contributed by atoms with Crippen molar-refractivity contribution in [3.05, 3.63) is 36.0 Å². The molecule has 1 aliphatic rings. The maximum atomic E-state index is 6.00. The molecule has 0 radical (unpaired) electrons. The number of anilines is 1. The van der Waals surface area contributed by atoms with Crippen molar-refractivity contribution in [3.8, 4) is 0 Å². The van der Waals surface area contributed by atoms with E-state index >= 15 is 0 Å². The molecule has 2 heterocycles. The molecule has 1 aliphatic heterocycles. The van der Waals surface area contributed by atoms with Crippen molar-refractivity contribution < 1.29 is 0 Å². The molecule has 0 unspecified atom stereocenters. The van der Waals surface area contributed by atoms with Crippen LogP contribution in [-0.4, -0.2) is 34.5 Å². The van der Waals surface area contributed by atoms with Crippen LogP contribution < -0.4 is 5.73 Å². The summed E-state index contributed by atoms with van der Waals surface area (Å²) in [5, 5.41) is 1.07. The molecule has 3 rings (SSSR count). The summed E-state index contributed by atoms with van der Waals surface area (Å²) < 4.78 is 0. The summed E-state index contributed by atoms with van der Waals surface area (Å²) in [7, 11) is 0. The second-order valence-corrected chi connectivity index (χ2v) is 5.83. The van der Waals surface area contributed by atoms with Crippen LogP contribution in [0.2, 0.25) is 0 Å². The van der Waals surface area contributed by atoms with E-state index in [0.29, 0.717) is 0 Å². The number of nitrogens with zero attached hydrogens (tertiary/aromatic N) is 2. The molecule has 0 amide bonds. The summed E-state index contributed by atoms with van der Waals surface area (Å²) in [4.78, 5) is 6.99. The van der Waals surface area contributed by atoms with E-state index in [1.54, 1.807) is 0 Å². The maximum Gasteiger partial charge on any atom is 0.0767 e. The van der Waals surface area contributed by atoms with Crippen molar-refractivity contribution in [1.82, 2.24) is 9.88 Å². The lowest BCUT2D eigenvalue weighted by Gasteiger charge is -2.26. The predicted molar refractivity (Wildman–Crippen MR) is 78.8 cm³/mol. The second-order valence-electron chi connectivity index (χ2n) is 4.60. The molecule has 0 spiro atoms. The van der Waals surface area contributed by atoms with Gasteiger partial charge in [-0.3, -0.25) is 9.88 Å². The zero-order valence-electron chi connectivity index (χ0n) is 10.3. The van der Waals surface area contributed by atoms with Gasteiger partial charge in [0.1, 0.15) is 0 Å². The van der Waals surface area contributed by atoms with Gasteiger partial charge in [-0.05, 0) is 23.8 Å². The summed E-state index contributed by atoms with van der Waals surface area (Å²) in [6.45, 7) is 3.32. The minimum Gasteiger partial charge on any atom is -0.398 e. The van der Waals surface area contributed by atoms with Crippen LogP contribution in [0.1, 0.15) is 5.56 Å². The molecule has 1 saturated heterocycles. The maximum absolute atomic E-state index is 6.00. The van der Waals surface area contributed by atoms with Crippen molar-refractivity contribution in [2.24, 2.45) is 0 Å². The number of nitrogen functional groups attached to an aromatic ring is 1. The lowest BCUT2D eigenvalue weighted by Crippen LogP contribution is -2.32. The molecule has 0 aliphatic carbocycles. The Bertz CT molecular complexity index is 550. The summed E-state index contributed by atoms with van der Waals surface area (Å²) in [5.41, 5.74) is 9.15. The van der Waals surface area contributed by atoms with Gasteiger partial charge in [-0.25, -0.2) is 0 Å². The SMILES string of the molecule is Nc1ccc(CN2CCSCC2)c2ncccc12. The average molecular weight is 259 g/mol. The van der Waals surface area contributed by atoms with E-state index in [4.69, 9.17) is 5.73 Å². The Labute approximate surface area is 111 Å². The average Bonchev–Trinajstić information content (AvgIpc) is 2.44. The molecule has 94 valence electrons. The molecule has 3 nitrogen and oxygen atoms in total. The lowest BCUT2D eigenvalue weighted by atomic mass is 10.1. The van der Waals surface area contributed by atoms with E-state index in [2.05, 4.69) is 16.0 Å². The summed E-state index contributed by atoms with van der Waals surface area (Å²) in [6, 6.07) is 8.11. The van der Waals surface area contributed by atoms with Crippen molar-refractivity contribution in [2.75, 3.05) is 30.3 Å². The summed E-state index contributed by atoms with van der Waals surface area (Å²) >= 11 is 2.04. The van der Waals surface area contributed by atoms with E-state index in [0.717, 1.165) is 23.1 Å². The topological polar surface area (TPSA) is 42.1 Å². The number of rotatable bonds is 2. The Balaban J connectivity index is 1.94. The van der Waals surface area contributed by atoms with Gasteiger partial charge in [0.2, 0.25) is 0 Å². The van der Waals surface area contributed by atoms with Gasteiger partial charge in [-0.15, -0.1) is 0 Å². The quantitative estimate of drug-likeness (QED) is 0.841. The van der Waals surface area contributed by atoms with E-state index < -0.39 is 0 Å². The number of pyridine rings is 1. The Hall–Kier alpha value is -1.26. The third kappa shape index (κ3) is 2.31. The molecule has 0 atom stereocenters. The first-order chi connectivity index (χ1) is 8.84. The molecule has 18 heavy (non-hydrogen) atoms. The van der Waals surface area contributed by atoms with Crippen molar-refractivity contribution in [1.29, 1.82) is 0 Å².